The molecule has 2 N–H and O–H groups in total. The van der Waals surface area contributed by atoms with E-state index in [-0.39, 0.29) is 17.2 Å². The number of hydrogen-bond acceptors (Lipinski definition) is 5. The summed E-state index contributed by atoms with van der Waals surface area (Å²) in [6.45, 7) is 1.76. The van der Waals surface area contributed by atoms with Crippen molar-refractivity contribution in [3.05, 3.63) is 41.8 Å². The topological polar surface area (TPSA) is 92.4 Å². The van der Waals surface area contributed by atoms with Gasteiger partial charge in [0.05, 0.1) is 17.1 Å². The third-order valence-electron chi connectivity index (χ3n) is 2.24. The number of hydrogen-bond donors (Lipinski definition) is 2. The Labute approximate surface area is 104 Å². The fourth-order valence-corrected chi connectivity index (χ4v) is 2.43. The molecule has 0 atom stereocenters. The van der Waals surface area contributed by atoms with E-state index in [4.69, 9.17) is 4.52 Å². The average Bonchev–Trinajstić information content (AvgIpc) is 2.73. The van der Waals surface area contributed by atoms with E-state index in [2.05, 4.69) is 9.88 Å². The van der Waals surface area contributed by atoms with Crippen LogP contribution in [0, 0.1) is 6.92 Å². The third-order valence-corrected chi connectivity index (χ3v) is 3.64. The first kappa shape index (κ1) is 12.6. The lowest BCUT2D eigenvalue weighted by Gasteiger charge is -2.05. The highest BCUT2D eigenvalue weighted by molar-refractivity contribution is 7.89. The molecule has 0 aliphatic rings. The number of nitrogens with one attached hydrogen (secondary N) is 1. The Hall–Kier alpha value is -1.86. The van der Waals surface area contributed by atoms with Gasteiger partial charge in [-0.05, 0) is 25.1 Å². The van der Waals surface area contributed by atoms with Gasteiger partial charge in [-0.15, -0.1) is 0 Å². The molecule has 0 saturated carbocycles. The highest BCUT2D eigenvalue weighted by atomic mass is 32.2. The lowest BCUT2D eigenvalue weighted by molar-refractivity contribution is 0.377. The van der Waals surface area contributed by atoms with Crippen molar-refractivity contribution in [1.82, 2.24) is 9.88 Å². The Kier molecular flexibility index (Phi) is 3.35. The second kappa shape index (κ2) is 4.79. The zero-order valence-corrected chi connectivity index (χ0v) is 10.4. The number of phenols is 1. The summed E-state index contributed by atoms with van der Waals surface area (Å²) in [5, 5.41) is 12.9. The summed E-state index contributed by atoms with van der Waals surface area (Å²) in [5.74, 6) is 0.324. The van der Waals surface area contributed by atoms with Crippen LogP contribution < -0.4 is 4.72 Å². The first-order chi connectivity index (χ1) is 8.47. The molecule has 2 aromatic rings. The molecule has 0 fully saturated rings. The molecular weight excluding hydrogens is 256 g/mol. The van der Waals surface area contributed by atoms with Crippen LogP contribution in [0.25, 0.3) is 0 Å². The minimum atomic E-state index is -3.67. The molecule has 0 radical (unpaired) electrons. The van der Waals surface area contributed by atoms with Crippen LogP contribution in [0.1, 0.15) is 11.5 Å². The minimum Gasteiger partial charge on any atom is -0.508 e. The standard InChI is InChI=1S/C11H12N2O4S/c1-8-5-10(17-13-8)7-12-18(15,16)11-4-2-3-9(14)6-11/h2-6,12,14H,7H2,1H3. The summed E-state index contributed by atoms with van der Waals surface area (Å²) in [6, 6.07) is 7.08. The van der Waals surface area contributed by atoms with Crippen molar-refractivity contribution in [2.75, 3.05) is 0 Å². The van der Waals surface area contributed by atoms with E-state index in [9.17, 15) is 13.5 Å². The maximum atomic E-state index is 11.9. The molecule has 0 spiro atoms. The summed E-state index contributed by atoms with van der Waals surface area (Å²) in [4.78, 5) is -0.00117. The van der Waals surface area contributed by atoms with E-state index in [0.29, 0.717) is 11.5 Å². The van der Waals surface area contributed by atoms with Gasteiger partial charge in [0, 0.05) is 6.07 Å². The van der Waals surface area contributed by atoms with E-state index < -0.39 is 10.0 Å². The number of rotatable bonds is 4. The molecule has 1 heterocycles. The van der Waals surface area contributed by atoms with Crippen LogP contribution in [0.4, 0.5) is 0 Å². The number of sulfonamides is 1. The van der Waals surface area contributed by atoms with Crippen molar-refractivity contribution in [2.24, 2.45) is 0 Å². The minimum absolute atomic E-state index is 0.00117. The van der Waals surface area contributed by atoms with Crippen molar-refractivity contribution in [3.8, 4) is 5.75 Å². The van der Waals surface area contributed by atoms with Gasteiger partial charge in [0.2, 0.25) is 10.0 Å². The molecule has 18 heavy (non-hydrogen) atoms. The van der Waals surface area contributed by atoms with Crippen LogP contribution in [-0.4, -0.2) is 18.7 Å². The first-order valence-corrected chi connectivity index (χ1v) is 6.66. The highest BCUT2D eigenvalue weighted by Gasteiger charge is 2.15. The van der Waals surface area contributed by atoms with Crippen molar-refractivity contribution >= 4 is 10.0 Å². The summed E-state index contributed by atoms with van der Waals surface area (Å²) in [6.07, 6.45) is 0. The van der Waals surface area contributed by atoms with Crippen LogP contribution in [-0.2, 0) is 16.6 Å². The molecule has 7 heteroatoms. The molecule has 2 rings (SSSR count). The van der Waals surface area contributed by atoms with Crippen LogP contribution in [0.15, 0.2) is 39.8 Å². The Balaban J connectivity index is 2.13. The quantitative estimate of drug-likeness (QED) is 0.868. The van der Waals surface area contributed by atoms with Crippen molar-refractivity contribution in [3.63, 3.8) is 0 Å². The predicted molar refractivity (Wildman–Crippen MR) is 63.4 cm³/mol. The number of benzene rings is 1. The molecule has 0 amide bonds. The van der Waals surface area contributed by atoms with E-state index in [0.717, 1.165) is 0 Å². The number of phenolic OH excluding ortho intramolecular Hbond substituents is 1. The van der Waals surface area contributed by atoms with Gasteiger partial charge in [0.25, 0.3) is 0 Å². The smallest absolute Gasteiger partial charge is 0.241 e. The second-order valence-corrected chi connectivity index (χ2v) is 5.52. The summed E-state index contributed by atoms with van der Waals surface area (Å²) < 4.78 is 31.0. The molecule has 0 unspecified atom stereocenters. The number of aryl methyl sites for hydroxylation is 1. The molecule has 6 nitrogen and oxygen atoms in total. The summed E-state index contributed by atoms with van der Waals surface area (Å²) >= 11 is 0. The van der Waals surface area contributed by atoms with Gasteiger partial charge >= 0.3 is 0 Å². The summed E-state index contributed by atoms with van der Waals surface area (Å²) in [7, 11) is -3.67. The maximum absolute atomic E-state index is 11.9. The van der Waals surface area contributed by atoms with E-state index in [1.165, 1.54) is 24.3 Å². The normalized spacial score (nSPS) is 11.6. The molecule has 0 aliphatic heterocycles. The number of aromatic nitrogens is 1. The van der Waals surface area contributed by atoms with Gasteiger partial charge in [-0.1, -0.05) is 11.2 Å². The number of nitrogens with zero attached hydrogens (tertiary/aromatic N) is 1. The maximum Gasteiger partial charge on any atom is 0.241 e. The van der Waals surface area contributed by atoms with E-state index in [1.807, 2.05) is 0 Å². The van der Waals surface area contributed by atoms with Crippen molar-refractivity contribution < 1.29 is 18.0 Å². The fraction of sp³-hybridized carbons (Fsp3) is 0.182. The van der Waals surface area contributed by atoms with Crippen molar-refractivity contribution in [2.45, 2.75) is 18.4 Å². The molecule has 1 aromatic heterocycles. The highest BCUT2D eigenvalue weighted by Crippen LogP contribution is 2.16. The zero-order chi connectivity index (χ0) is 13.2. The van der Waals surface area contributed by atoms with Gasteiger partial charge in [-0.25, -0.2) is 13.1 Å². The molecule has 0 saturated heterocycles. The molecule has 0 aliphatic carbocycles. The molecule has 1 aromatic carbocycles. The van der Waals surface area contributed by atoms with Crippen LogP contribution in [0.2, 0.25) is 0 Å². The Morgan fingerprint density at radius 1 is 1.39 bits per heavy atom. The Bertz CT molecular complexity index is 649. The predicted octanol–water partition coefficient (Wildman–Crippen LogP) is 1.17. The summed E-state index contributed by atoms with van der Waals surface area (Å²) in [5.41, 5.74) is 0.682. The Morgan fingerprint density at radius 2 is 2.17 bits per heavy atom. The second-order valence-electron chi connectivity index (χ2n) is 3.76. The fourth-order valence-electron chi connectivity index (χ4n) is 1.40. The Morgan fingerprint density at radius 3 is 2.78 bits per heavy atom. The largest absolute Gasteiger partial charge is 0.508 e. The SMILES string of the molecule is Cc1cc(CNS(=O)(=O)c2cccc(O)c2)on1. The third kappa shape index (κ3) is 2.88. The monoisotopic (exact) mass is 268 g/mol. The van der Waals surface area contributed by atoms with Crippen LogP contribution >= 0.6 is 0 Å². The van der Waals surface area contributed by atoms with Gasteiger partial charge in [-0.2, -0.15) is 0 Å². The van der Waals surface area contributed by atoms with Gasteiger partial charge < -0.3 is 9.63 Å². The lowest BCUT2D eigenvalue weighted by Crippen LogP contribution is -2.22. The number of aromatic hydroxyl groups is 1. The van der Waals surface area contributed by atoms with E-state index in [1.54, 1.807) is 13.0 Å². The average molecular weight is 268 g/mol. The van der Waals surface area contributed by atoms with Gasteiger partial charge in [0.15, 0.2) is 5.76 Å². The zero-order valence-electron chi connectivity index (χ0n) is 9.62. The molecular formula is C11H12N2O4S. The first-order valence-electron chi connectivity index (χ1n) is 5.18. The van der Waals surface area contributed by atoms with Crippen LogP contribution in [0.5, 0.6) is 5.75 Å². The van der Waals surface area contributed by atoms with Gasteiger partial charge in [-0.3, -0.25) is 0 Å². The molecule has 0 bridgehead atoms. The molecule has 96 valence electrons. The van der Waals surface area contributed by atoms with E-state index >= 15 is 0 Å². The van der Waals surface area contributed by atoms with Crippen LogP contribution in [0.3, 0.4) is 0 Å². The lowest BCUT2D eigenvalue weighted by atomic mass is 10.3. The van der Waals surface area contributed by atoms with Crippen molar-refractivity contribution in [1.29, 1.82) is 0 Å². The van der Waals surface area contributed by atoms with Gasteiger partial charge in [0.1, 0.15) is 5.75 Å².